The Morgan fingerprint density at radius 1 is 1.38 bits per heavy atom. The molecule has 2 rings (SSSR count). The summed E-state index contributed by atoms with van der Waals surface area (Å²) >= 11 is 0. The van der Waals surface area contributed by atoms with Gasteiger partial charge in [0.1, 0.15) is 6.61 Å². The van der Waals surface area contributed by atoms with Gasteiger partial charge in [-0.25, -0.2) is 0 Å². The Morgan fingerprint density at radius 2 is 2.08 bits per heavy atom. The lowest BCUT2D eigenvalue weighted by Gasteiger charge is -2.35. The first-order chi connectivity index (χ1) is 5.98. The predicted octanol–water partition coefficient (Wildman–Crippen LogP) is 1.08. The monoisotopic (exact) mass is 180 g/mol. The molecule has 0 aromatic heterocycles. The van der Waals surface area contributed by atoms with Crippen LogP contribution in [0.1, 0.15) is 20.3 Å². The van der Waals surface area contributed by atoms with Gasteiger partial charge in [0.05, 0.1) is 5.41 Å². The largest absolute Gasteiger partial charge is 0.464 e. The van der Waals surface area contributed by atoms with Gasteiger partial charge in [-0.3, -0.25) is 9.59 Å². The van der Waals surface area contributed by atoms with Gasteiger partial charge < -0.3 is 4.74 Å². The quantitative estimate of drug-likeness (QED) is 0.524. The molecule has 0 spiro atoms. The second-order valence-electron chi connectivity index (χ2n) is 4.30. The van der Waals surface area contributed by atoms with Crippen LogP contribution in [-0.4, -0.2) is 18.4 Å². The number of ether oxygens (including phenoxy) is 1. The first-order valence-electron chi connectivity index (χ1n) is 4.37. The summed E-state index contributed by atoms with van der Waals surface area (Å²) in [5.74, 6) is -0.230. The molecule has 1 aliphatic heterocycles. The normalized spacial score (nSPS) is 43.2. The van der Waals surface area contributed by atoms with Crippen molar-refractivity contribution in [3.63, 3.8) is 0 Å². The van der Waals surface area contributed by atoms with Crippen LogP contribution >= 0.6 is 0 Å². The van der Waals surface area contributed by atoms with Crippen LogP contribution in [0.15, 0.2) is 12.2 Å². The Balaban J connectivity index is 2.50. The third kappa shape index (κ3) is 0.900. The number of hydrogen-bond donors (Lipinski definition) is 0. The predicted molar refractivity (Wildman–Crippen MR) is 45.9 cm³/mol. The summed E-state index contributed by atoms with van der Waals surface area (Å²) in [7, 11) is 0. The van der Waals surface area contributed by atoms with Crippen LogP contribution < -0.4 is 0 Å². The van der Waals surface area contributed by atoms with Gasteiger partial charge in [0.25, 0.3) is 0 Å². The van der Waals surface area contributed by atoms with E-state index in [1.54, 1.807) is 6.08 Å². The topological polar surface area (TPSA) is 43.4 Å². The van der Waals surface area contributed by atoms with E-state index in [-0.39, 0.29) is 23.6 Å². The average Bonchev–Trinajstić information content (AvgIpc) is 2.28. The van der Waals surface area contributed by atoms with E-state index in [1.165, 1.54) is 0 Å². The highest BCUT2D eigenvalue weighted by Gasteiger charge is 2.57. The summed E-state index contributed by atoms with van der Waals surface area (Å²) < 4.78 is 5.01. The molecule has 70 valence electrons. The van der Waals surface area contributed by atoms with Crippen molar-refractivity contribution in [1.82, 2.24) is 0 Å². The van der Waals surface area contributed by atoms with Crippen LogP contribution in [0.3, 0.4) is 0 Å². The number of rotatable bonds is 0. The van der Waals surface area contributed by atoms with Crippen molar-refractivity contribution < 1.29 is 14.3 Å². The van der Waals surface area contributed by atoms with E-state index < -0.39 is 5.41 Å². The fraction of sp³-hybridized carbons (Fsp3) is 0.600. The molecule has 0 aromatic rings. The highest BCUT2D eigenvalue weighted by molar-refractivity contribution is 5.97. The zero-order valence-corrected chi connectivity index (χ0v) is 7.79. The Morgan fingerprint density at radius 3 is 2.77 bits per heavy atom. The molecule has 0 N–H and O–H groups in total. The van der Waals surface area contributed by atoms with Crippen molar-refractivity contribution in [1.29, 1.82) is 0 Å². The smallest absolute Gasteiger partial charge is 0.313 e. The maximum Gasteiger partial charge on any atom is 0.313 e. The van der Waals surface area contributed by atoms with Crippen LogP contribution in [0, 0.1) is 10.8 Å². The lowest BCUT2D eigenvalue weighted by molar-refractivity contribution is -0.148. The molecule has 1 fully saturated rings. The summed E-state index contributed by atoms with van der Waals surface area (Å²) in [5.41, 5.74) is -0.934. The Hall–Kier alpha value is -1.12. The number of ketones is 1. The highest BCUT2D eigenvalue weighted by Crippen LogP contribution is 2.51. The fourth-order valence-electron chi connectivity index (χ4n) is 1.96. The van der Waals surface area contributed by atoms with Gasteiger partial charge in [-0.2, -0.15) is 0 Å². The molecular weight excluding hydrogens is 168 g/mol. The lowest BCUT2D eigenvalue weighted by atomic mass is 9.62. The third-order valence-electron chi connectivity index (χ3n) is 3.38. The lowest BCUT2D eigenvalue weighted by Crippen LogP contribution is -2.41. The summed E-state index contributed by atoms with van der Waals surface area (Å²) in [6.45, 7) is 4.16. The molecule has 0 bridgehead atoms. The van der Waals surface area contributed by atoms with Gasteiger partial charge >= 0.3 is 5.97 Å². The molecule has 0 radical (unpaired) electrons. The third-order valence-corrected chi connectivity index (χ3v) is 3.38. The molecule has 3 heteroatoms. The Bertz CT molecular complexity index is 318. The number of carbonyl (C=O) groups excluding carboxylic acids is 2. The maximum absolute atomic E-state index is 11.5. The van der Waals surface area contributed by atoms with Gasteiger partial charge in [0, 0.05) is 11.8 Å². The molecule has 3 nitrogen and oxygen atoms in total. The van der Waals surface area contributed by atoms with Crippen LogP contribution in [0.5, 0.6) is 0 Å². The standard InChI is InChI=1S/C10H12O3/c1-9-4-3-7(11)5-10(9,2)8(12)13-6-9/h3-4H,5-6H2,1-2H3/t9-,10+/m1/s1. The van der Waals surface area contributed by atoms with Gasteiger partial charge in [-0.1, -0.05) is 13.0 Å². The van der Waals surface area contributed by atoms with E-state index in [0.717, 1.165) is 0 Å². The summed E-state index contributed by atoms with van der Waals surface area (Å²) in [4.78, 5) is 22.7. The molecule has 0 unspecified atom stereocenters. The molecule has 0 aromatic carbocycles. The van der Waals surface area contributed by atoms with Crippen molar-refractivity contribution in [2.24, 2.45) is 10.8 Å². The van der Waals surface area contributed by atoms with Gasteiger partial charge in [-0.15, -0.1) is 0 Å². The van der Waals surface area contributed by atoms with Crippen molar-refractivity contribution in [3.8, 4) is 0 Å². The average molecular weight is 180 g/mol. The van der Waals surface area contributed by atoms with Crippen molar-refractivity contribution in [3.05, 3.63) is 12.2 Å². The van der Waals surface area contributed by atoms with E-state index in [0.29, 0.717) is 6.61 Å². The zero-order valence-electron chi connectivity index (χ0n) is 7.79. The minimum Gasteiger partial charge on any atom is -0.464 e. The zero-order chi connectivity index (χ0) is 9.69. The first kappa shape index (κ1) is 8.48. The second kappa shape index (κ2) is 2.22. The molecule has 0 saturated carbocycles. The molecule has 13 heavy (non-hydrogen) atoms. The van der Waals surface area contributed by atoms with E-state index in [9.17, 15) is 9.59 Å². The summed E-state index contributed by atoms with van der Waals surface area (Å²) in [6, 6.07) is 0. The van der Waals surface area contributed by atoms with Crippen molar-refractivity contribution in [2.75, 3.05) is 6.61 Å². The van der Waals surface area contributed by atoms with Crippen LogP contribution in [0.4, 0.5) is 0 Å². The van der Waals surface area contributed by atoms with Gasteiger partial charge in [-0.05, 0) is 13.0 Å². The van der Waals surface area contributed by atoms with Gasteiger partial charge in [0.2, 0.25) is 0 Å². The van der Waals surface area contributed by atoms with E-state index in [1.807, 2.05) is 19.9 Å². The minimum atomic E-state index is -0.640. The maximum atomic E-state index is 11.5. The number of allylic oxidation sites excluding steroid dienone is 1. The van der Waals surface area contributed by atoms with E-state index >= 15 is 0 Å². The Kier molecular flexibility index (Phi) is 1.45. The molecule has 1 saturated heterocycles. The van der Waals surface area contributed by atoms with Gasteiger partial charge in [0.15, 0.2) is 5.78 Å². The first-order valence-corrected chi connectivity index (χ1v) is 4.37. The van der Waals surface area contributed by atoms with E-state index in [2.05, 4.69) is 0 Å². The number of fused-ring (bicyclic) bond motifs is 1. The van der Waals surface area contributed by atoms with Crippen molar-refractivity contribution >= 4 is 11.8 Å². The number of cyclic esters (lactones) is 1. The molecule has 2 aliphatic rings. The molecular formula is C10H12O3. The Labute approximate surface area is 76.8 Å². The minimum absolute atomic E-state index is 0.0128. The van der Waals surface area contributed by atoms with E-state index in [4.69, 9.17) is 4.74 Å². The van der Waals surface area contributed by atoms with Crippen LogP contribution in [0.2, 0.25) is 0 Å². The summed E-state index contributed by atoms with van der Waals surface area (Å²) in [6.07, 6.45) is 3.65. The molecule has 0 amide bonds. The van der Waals surface area contributed by atoms with Crippen LogP contribution in [-0.2, 0) is 14.3 Å². The molecule has 2 atom stereocenters. The fourth-order valence-corrected chi connectivity index (χ4v) is 1.96. The summed E-state index contributed by atoms with van der Waals surface area (Å²) in [5, 5.41) is 0. The second-order valence-corrected chi connectivity index (χ2v) is 4.30. The molecule has 1 aliphatic carbocycles. The number of hydrogen-bond acceptors (Lipinski definition) is 3. The van der Waals surface area contributed by atoms with Crippen molar-refractivity contribution in [2.45, 2.75) is 20.3 Å². The van der Waals surface area contributed by atoms with Crippen LogP contribution in [0.25, 0.3) is 0 Å². The number of esters is 1. The highest BCUT2D eigenvalue weighted by atomic mass is 16.5. The SMILES string of the molecule is C[C@@]12CC(=O)C=C[C@]1(C)COC2=O. The number of carbonyl (C=O) groups is 2. The molecule has 1 heterocycles.